The molecule has 1 N–H and O–H groups in total. The molecule has 4 aromatic rings. The molecule has 35 heavy (non-hydrogen) atoms. The molecule has 14 heteroatoms. The van der Waals surface area contributed by atoms with E-state index in [2.05, 4.69) is 15.2 Å². The SMILES string of the molecule is Cc1c(C(=O)N2CCN(S(=O)(=O)c3ccc(Cl)c(Cl)c3)CC2)cnn1-c1nn2cccc2c(=O)[nH]1. The van der Waals surface area contributed by atoms with Crippen molar-refractivity contribution in [1.82, 2.24) is 33.6 Å². The summed E-state index contributed by atoms with van der Waals surface area (Å²) < 4.78 is 30.1. The minimum atomic E-state index is -3.78. The molecule has 0 aliphatic carbocycles. The van der Waals surface area contributed by atoms with Gasteiger partial charge in [0.1, 0.15) is 5.52 Å². The number of carbonyl (C=O) groups is 1. The largest absolute Gasteiger partial charge is 0.336 e. The predicted molar refractivity (Wildman–Crippen MR) is 129 cm³/mol. The lowest BCUT2D eigenvalue weighted by Crippen LogP contribution is -2.50. The second-order valence-corrected chi connectivity index (χ2v) is 10.7. The number of amides is 1. The maximum atomic E-state index is 13.2. The molecule has 0 atom stereocenters. The molecule has 3 aromatic heterocycles. The van der Waals surface area contributed by atoms with Crippen molar-refractivity contribution in [3.8, 4) is 5.95 Å². The number of H-pyrrole nitrogens is 1. The first kappa shape index (κ1) is 23.5. The predicted octanol–water partition coefficient (Wildman–Crippen LogP) is 1.97. The van der Waals surface area contributed by atoms with Crippen LogP contribution in [0.25, 0.3) is 11.5 Å². The van der Waals surface area contributed by atoms with Crippen LogP contribution >= 0.6 is 23.2 Å². The summed E-state index contributed by atoms with van der Waals surface area (Å²) in [7, 11) is -3.78. The monoisotopic (exact) mass is 535 g/mol. The zero-order valence-corrected chi connectivity index (χ0v) is 20.7. The van der Waals surface area contributed by atoms with Crippen molar-refractivity contribution >= 4 is 44.6 Å². The molecule has 1 aromatic carbocycles. The van der Waals surface area contributed by atoms with Gasteiger partial charge in [0, 0.05) is 32.4 Å². The van der Waals surface area contributed by atoms with Crippen LogP contribution in [-0.2, 0) is 10.0 Å². The fraction of sp³-hybridized carbons (Fsp3) is 0.238. The zero-order chi connectivity index (χ0) is 24.9. The van der Waals surface area contributed by atoms with Gasteiger partial charge in [0.05, 0.1) is 32.4 Å². The maximum absolute atomic E-state index is 13.2. The fourth-order valence-corrected chi connectivity index (χ4v) is 5.76. The number of halogens is 2. The molecule has 0 saturated carbocycles. The lowest BCUT2D eigenvalue weighted by atomic mass is 10.2. The van der Waals surface area contributed by atoms with E-state index in [1.54, 1.807) is 30.2 Å². The third-order valence-electron chi connectivity index (χ3n) is 5.88. The lowest BCUT2D eigenvalue weighted by Gasteiger charge is -2.34. The van der Waals surface area contributed by atoms with E-state index in [0.717, 1.165) is 0 Å². The first-order chi connectivity index (χ1) is 16.7. The molecule has 0 unspecified atom stereocenters. The van der Waals surface area contributed by atoms with Crippen molar-refractivity contribution in [3.63, 3.8) is 0 Å². The lowest BCUT2D eigenvalue weighted by molar-refractivity contribution is 0.0697. The van der Waals surface area contributed by atoms with Gasteiger partial charge < -0.3 is 4.90 Å². The quantitative estimate of drug-likeness (QED) is 0.425. The maximum Gasteiger partial charge on any atom is 0.276 e. The molecule has 1 amide bonds. The molecule has 0 bridgehead atoms. The highest BCUT2D eigenvalue weighted by Gasteiger charge is 2.32. The van der Waals surface area contributed by atoms with Crippen LogP contribution in [0.15, 0.2) is 52.4 Å². The van der Waals surface area contributed by atoms with Crippen molar-refractivity contribution in [1.29, 1.82) is 0 Å². The number of nitrogens with zero attached hydrogens (tertiary/aromatic N) is 6. The minimum Gasteiger partial charge on any atom is -0.336 e. The van der Waals surface area contributed by atoms with Crippen LogP contribution < -0.4 is 5.56 Å². The van der Waals surface area contributed by atoms with Gasteiger partial charge in [-0.25, -0.2) is 17.6 Å². The van der Waals surface area contributed by atoms with Crippen LogP contribution in [0.4, 0.5) is 0 Å². The van der Waals surface area contributed by atoms with E-state index in [4.69, 9.17) is 23.2 Å². The summed E-state index contributed by atoms with van der Waals surface area (Å²) in [5.74, 6) is -0.113. The Hall–Kier alpha value is -3.19. The second-order valence-electron chi connectivity index (χ2n) is 7.94. The standard InChI is InChI=1S/C21H19Cl2N7O4S/c1-13-15(12-24-30(13)21-25-19(31)18-3-2-6-29(18)26-21)20(32)27-7-9-28(10-8-27)35(33,34)14-4-5-16(22)17(23)11-14/h2-6,11-12H,7-10H2,1H3,(H,25,26,31). The summed E-state index contributed by atoms with van der Waals surface area (Å²) in [4.78, 5) is 29.8. The number of fused-ring (bicyclic) bond motifs is 1. The molecule has 0 spiro atoms. The van der Waals surface area contributed by atoms with Crippen molar-refractivity contribution in [2.45, 2.75) is 11.8 Å². The first-order valence-corrected chi connectivity index (χ1v) is 12.7. The Bertz CT molecular complexity index is 1620. The van der Waals surface area contributed by atoms with Crippen molar-refractivity contribution in [2.24, 2.45) is 0 Å². The Morgan fingerprint density at radius 2 is 1.83 bits per heavy atom. The van der Waals surface area contributed by atoms with E-state index < -0.39 is 10.0 Å². The second kappa shape index (κ2) is 8.79. The summed E-state index contributed by atoms with van der Waals surface area (Å²) in [6.45, 7) is 2.36. The molecule has 1 aliphatic rings. The van der Waals surface area contributed by atoms with Crippen molar-refractivity contribution in [2.75, 3.05) is 26.2 Å². The Morgan fingerprint density at radius 1 is 1.09 bits per heavy atom. The van der Waals surface area contributed by atoms with Crippen LogP contribution in [0.5, 0.6) is 0 Å². The molecular weight excluding hydrogens is 517 g/mol. The van der Waals surface area contributed by atoms with Crippen LogP contribution in [0, 0.1) is 6.92 Å². The topological polar surface area (TPSA) is 126 Å². The van der Waals surface area contributed by atoms with Crippen LogP contribution in [0.2, 0.25) is 10.0 Å². The van der Waals surface area contributed by atoms with E-state index in [-0.39, 0.29) is 58.5 Å². The van der Waals surface area contributed by atoms with Gasteiger partial charge in [0.25, 0.3) is 11.5 Å². The number of nitrogens with one attached hydrogen (secondary N) is 1. The highest BCUT2D eigenvalue weighted by atomic mass is 35.5. The van der Waals surface area contributed by atoms with Gasteiger partial charge in [-0.3, -0.25) is 14.6 Å². The summed E-state index contributed by atoms with van der Waals surface area (Å²) in [6.07, 6.45) is 3.06. The van der Waals surface area contributed by atoms with Crippen LogP contribution in [-0.4, -0.2) is 74.1 Å². The minimum absolute atomic E-state index is 0.0463. The Kier molecular flexibility index (Phi) is 5.91. The van der Waals surface area contributed by atoms with E-state index in [0.29, 0.717) is 16.8 Å². The third-order valence-corrected chi connectivity index (χ3v) is 8.52. The number of aromatic amines is 1. The molecule has 4 heterocycles. The zero-order valence-electron chi connectivity index (χ0n) is 18.4. The van der Waals surface area contributed by atoms with E-state index in [1.165, 1.54) is 37.9 Å². The smallest absolute Gasteiger partial charge is 0.276 e. The number of benzene rings is 1. The van der Waals surface area contributed by atoms with Crippen molar-refractivity contribution in [3.05, 3.63) is 74.4 Å². The Morgan fingerprint density at radius 3 is 2.54 bits per heavy atom. The molecule has 0 radical (unpaired) electrons. The highest BCUT2D eigenvalue weighted by molar-refractivity contribution is 7.89. The molecule has 1 fully saturated rings. The van der Waals surface area contributed by atoms with Crippen molar-refractivity contribution < 1.29 is 13.2 Å². The van der Waals surface area contributed by atoms with E-state index in [1.807, 2.05) is 0 Å². The number of piperazine rings is 1. The summed E-state index contributed by atoms with van der Waals surface area (Å²) in [5, 5.41) is 8.99. The van der Waals surface area contributed by atoms with Gasteiger partial charge in [-0.2, -0.15) is 9.40 Å². The number of sulfonamides is 1. The number of rotatable bonds is 4. The molecule has 11 nitrogen and oxygen atoms in total. The molecule has 1 aliphatic heterocycles. The number of hydrogen-bond acceptors (Lipinski definition) is 6. The molecular formula is C21H19Cl2N7O4S. The van der Waals surface area contributed by atoms with Gasteiger partial charge >= 0.3 is 0 Å². The van der Waals surface area contributed by atoms with E-state index >= 15 is 0 Å². The average molecular weight is 536 g/mol. The van der Waals surface area contributed by atoms with Gasteiger partial charge in [0.15, 0.2) is 0 Å². The van der Waals surface area contributed by atoms with Gasteiger partial charge in [0.2, 0.25) is 16.0 Å². The molecule has 182 valence electrons. The summed E-state index contributed by atoms with van der Waals surface area (Å²) >= 11 is 11.9. The Labute approximate surface area is 209 Å². The summed E-state index contributed by atoms with van der Waals surface area (Å²) in [6, 6.07) is 7.50. The average Bonchev–Trinajstić information content (AvgIpc) is 3.47. The van der Waals surface area contributed by atoms with Gasteiger partial charge in [-0.15, -0.1) is 5.10 Å². The molecule has 5 rings (SSSR count). The number of aromatic nitrogens is 5. The van der Waals surface area contributed by atoms with Crippen LogP contribution in [0.3, 0.4) is 0 Å². The normalized spacial score (nSPS) is 15.1. The Balaban J connectivity index is 1.33. The van der Waals surface area contributed by atoms with Crippen LogP contribution in [0.1, 0.15) is 16.1 Å². The van der Waals surface area contributed by atoms with E-state index in [9.17, 15) is 18.0 Å². The van der Waals surface area contributed by atoms with Gasteiger partial charge in [-0.05, 0) is 37.3 Å². The van der Waals surface area contributed by atoms with Gasteiger partial charge in [-0.1, -0.05) is 23.2 Å². The number of hydrogen-bond donors (Lipinski definition) is 1. The summed E-state index contributed by atoms with van der Waals surface area (Å²) in [5.41, 5.74) is 0.891. The first-order valence-electron chi connectivity index (χ1n) is 10.5. The number of carbonyl (C=O) groups excluding carboxylic acids is 1. The third kappa shape index (κ3) is 4.12. The fourth-order valence-electron chi connectivity index (χ4n) is 3.95. The highest BCUT2D eigenvalue weighted by Crippen LogP contribution is 2.27. The molecule has 1 saturated heterocycles.